The normalized spacial score (nSPS) is 15.8. The van der Waals surface area contributed by atoms with Crippen LogP contribution in [-0.4, -0.2) is 33.4 Å². The monoisotopic (exact) mass is 308 g/mol. The average Bonchev–Trinajstić information content (AvgIpc) is 2.80. The minimum atomic E-state index is -0.937. The van der Waals surface area contributed by atoms with Crippen molar-refractivity contribution in [3.05, 3.63) is 24.3 Å². The largest absolute Gasteiger partial charge is 0.480 e. The molecule has 0 aliphatic carbocycles. The number of hydrogen-bond donors (Lipinski definition) is 2. The van der Waals surface area contributed by atoms with E-state index >= 15 is 0 Å². The van der Waals surface area contributed by atoms with Crippen molar-refractivity contribution in [2.24, 2.45) is 0 Å². The van der Waals surface area contributed by atoms with Crippen LogP contribution in [0.1, 0.15) is 27.2 Å². The number of carboxylic acids is 1. The molecule has 2 aromatic rings. The third kappa shape index (κ3) is 3.77. The first-order valence-corrected chi connectivity index (χ1v) is 7.83. The highest BCUT2D eigenvalue weighted by Gasteiger charge is 2.34. The van der Waals surface area contributed by atoms with Gasteiger partial charge >= 0.3 is 5.97 Å². The van der Waals surface area contributed by atoms with Crippen LogP contribution in [0.2, 0.25) is 0 Å². The van der Waals surface area contributed by atoms with Gasteiger partial charge in [-0.3, -0.25) is 4.79 Å². The highest BCUT2D eigenvalue weighted by Crippen LogP contribution is 2.30. The molecule has 0 saturated carbocycles. The molecule has 0 bridgehead atoms. The number of likely N-dealkylation sites (N-methyl/N-ethyl adjacent to an activating group) is 1. The molecule has 1 aromatic carbocycles. The Hall–Kier alpha value is -1.53. The lowest BCUT2D eigenvalue weighted by atomic mass is 9.96. The van der Waals surface area contributed by atoms with Crippen molar-refractivity contribution < 1.29 is 14.3 Å². The van der Waals surface area contributed by atoms with Gasteiger partial charge in [0.05, 0.1) is 0 Å². The molecule has 2 unspecified atom stereocenters. The maximum absolute atomic E-state index is 11.4. The van der Waals surface area contributed by atoms with Gasteiger partial charge in [0.1, 0.15) is 11.1 Å². The number of para-hydroxylation sites is 2. The SMILES string of the molecule is CCNC(C)(CC(C)Sc1nc2ccccc2o1)C(=O)O. The minimum Gasteiger partial charge on any atom is -0.480 e. The van der Waals surface area contributed by atoms with Crippen LogP contribution < -0.4 is 5.32 Å². The van der Waals surface area contributed by atoms with Gasteiger partial charge in [-0.05, 0) is 32.0 Å². The standard InChI is InChI=1S/C15H20N2O3S/c1-4-16-15(3,13(18)19)9-10(2)21-14-17-11-7-5-6-8-12(11)20-14/h5-8,10,16H,4,9H2,1-3H3,(H,18,19). The Morgan fingerprint density at radius 1 is 1.52 bits per heavy atom. The Kier molecular flexibility index (Phi) is 4.90. The molecule has 0 saturated heterocycles. The van der Waals surface area contributed by atoms with Gasteiger partial charge in [-0.1, -0.05) is 37.7 Å². The highest BCUT2D eigenvalue weighted by atomic mass is 32.2. The summed E-state index contributed by atoms with van der Waals surface area (Å²) in [6, 6.07) is 7.58. The fourth-order valence-electron chi connectivity index (χ4n) is 2.32. The second-order valence-electron chi connectivity index (χ2n) is 5.25. The molecule has 0 spiro atoms. The number of nitrogens with zero attached hydrogens (tertiary/aromatic N) is 1. The number of aromatic nitrogens is 1. The fourth-order valence-corrected chi connectivity index (χ4v) is 3.37. The van der Waals surface area contributed by atoms with Crippen LogP contribution in [0.4, 0.5) is 0 Å². The third-order valence-electron chi connectivity index (χ3n) is 3.31. The van der Waals surface area contributed by atoms with Crippen molar-refractivity contribution in [2.45, 2.75) is 43.2 Å². The van der Waals surface area contributed by atoms with Crippen molar-refractivity contribution in [3.8, 4) is 0 Å². The third-order valence-corrected chi connectivity index (χ3v) is 4.26. The van der Waals surface area contributed by atoms with E-state index in [0.717, 1.165) is 11.1 Å². The lowest BCUT2D eigenvalue weighted by Gasteiger charge is -2.28. The molecule has 5 nitrogen and oxygen atoms in total. The highest BCUT2D eigenvalue weighted by molar-refractivity contribution is 7.99. The van der Waals surface area contributed by atoms with Gasteiger partial charge in [0.2, 0.25) is 0 Å². The maximum atomic E-state index is 11.4. The zero-order valence-electron chi connectivity index (χ0n) is 12.4. The summed E-state index contributed by atoms with van der Waals surface area (Å²) in [5.41, 5.74) is 0.632. The summed E-state index contributed by atoms with van der Waals surface area (Å²) in [5, 5.41) is 13.1. The minimum absolute atomic E-state index is 0.0678. The van der Waals surface area contributed by atoms with Crippen LogP contribution in [-0.2, 0) is 4.79 Å². The summed E-state index contributed by atoms with van der Waals surface area (Å²) < 4.78 is 5.66. The van der Waals surface area contributed by atoms with Crippen molar-refractivity contribution in [2.75, 3.05) is 6.54 Å². The molecule has 0 radical (unpaired) electrons. The number of carbonyl (C=O) groups is 1. The van der Waals surface area contributed by atoms with Gasteiger partial charge in [-0.25, -0.2) is 4.98 Å². The molecule has 1 aromatic heterocycles. The molecule has 0 aliphatic heterocycles. The molecule has 114 valence electrons. The summed E-state index contributed by atoms with van der Waals surface area (Å²) in [5.74, 6) is -0.839. The Balaban J connectivity index is 2.06. The zero-order chi connectivity index (χ0) is 15.5. The summed E-state index contributed by atoms with van der Waals surface area (Å²) in [6.07, 6.45) is 0.486. The van der Waals surface area contributed by atoms with E-state index in [2.05, 4.69) is 10.3 Å². The first kappa shape index (κ1) is 15.9. The van der Waals surface area contributed by atoms with Crippen LogP contribution in [0.5, 0.6) is 0 Å². The van der Waals surface area contributed by atoms with Crippen LogP contribution in [0, 0.1) is 0 Å². The second-order valence-corrected chi connectivity index (χ2v) is 6.64. The molecule has 0 amide bonds. The smallest absolute Gasteiger partial charge is 0.323 e. The number of carboxylic acid groups (broad SMARTS) is 1. The van der Waals surface area contributed by atoms with Gasteiger partial charge in [-0.2, -0.15) is 0 Å². The number of fused-ring (bicyclic) bond motifs is 1. The van der Waals surface area contributed by atoms with Gasteiger partial charge in [0, 0.05) is 5.25 Å². The quantitative estimate of drug-likeness (QED) is 0.765. The van der Waals surface area contributed by atoms with Crippen LogP contribution >= 0.6 is 11.8 Å². The van der Waals surface area contributed by atoms with E-state index < -0.39 is 11.5 Å². The van der Waals surface area contributed by atoms with E-state index in [4.69, 9.17) is 4.42 Å². The van der Waals surface area contributed by atoms with Crippen molar-refractivity contribution in [3.63, 3.8) is 0 Å². The van der Waals surface area contributed by atoms with Crippen molar-refractivity contribution in [1.82, 2.24) is 10.3 Å². The summed E-state index contributed by atoms with van der Waals surface area (Å²) >= 11 is 1.46. The Morgan fingerprint density at radius 3 is 2.86 bits per heavy atom. The average molecular weight is 308 g/mol. The molecule has 0 fully saturated rings. The number of hydrogen-bond acceptors (Lipinski definition) is 5. The molecule has 21 heavy (non-hydrogen) atoms. The predicted molar refractivity (Wildman–Crippen MR) is 83.7 cm³/mol. The Labute approximate surface area is 128 Å². The molecule has 1 heterocycles. The number of aliphatic carboxylic acids is 1. The lowest BCUT2D eigenvalue weighted by molar-refractivity contribution is -0.144. The first-order valence-electron chi connectivity index (χ1n) is 6.95. The molecule has 2 rings (SSSR count). The van der Waals surface area contributed by atoms with Crippen LogP contribution in [0.15, 0.2) is 33.9 Å². The van der Waals surface area contributed by atoms with Crippen molar-refractivity contribution in [1.29, 1.82) is 0 Å². The van der Waals surface area contributed by atoms with E-state index in [1.807, 2.05) is 38.1 Å². The van der Waals surface area contributed by atoms with Gasteiger partial charge < -0.3 is 14.8 Å². The van der Waals surface area contributed by atoms with Gasteiger partial charge in [0.15, 0.2) is 5.58 Å². The summed E-state index contributed by atoms with van der Waals surface area (Å²) in [7, 11) is 0. The van der Waals surface area contributed by atoms with E-state index in [1.54, 1.807) is 6.92 Å². The topological polar surface area (TPSA) is 75.4 Å². The first-order chi connectivity index (χ1) is 9.94. The molecular weight excluding hydrogens is 288 g/mol. The number of benzene rings is 1. The van der Waals surface area contributed by atoms with Gasteiger partial charge in [0.25, 0.3) is 5.22 Å². The van der Waals surface area contributed by atoms with Crippen LogP contribution in [0.25, 0.3) is 11.1 Å². The number of oxazole rings is 1. The molecule has 2 atom stereocenters. The van der Waals surface area contributed by atoms with E-state index in [9.17, 15) is 9.90 Å². The van der Waals surface area contributed by atoms with Crippen molar-refractivity contribution >= 4 is 28.8 Å². The predicted octanol–water partition coefficient (Wildman–Crippen LogP) is 3.15. The number of thioether (sulfide) groups is 1. The Bertz CT molecular complexity index is 595. The van der Waals surface area contributed by atoms with E-state index in [0.29, 0.717) is 18.2 Å². The molecule has 6 heteroatoms. The summed E-state index contributed by atoms with van der Waals surface area (Å²) in [4.78, 5) is 15.8. The zero-order valence-corrected chi connectivity index (χ0v) is 13.2. The summed E-state index contributed by atoms with van der Waals surface area (Å²) in [6.45, 7) is 6.21. The molecule has 2 N–H and O–H groups in total. The van der Waals surface area contributed by atoms with Gasteiger partial charge in [-0.15, -0.1) is 0 Å². The number of rotatable bonds is 7. The fraction of sp³-hybridized carbons (Fsp3) is 0.467. The van der Waals surface area contributed by atoms with E-state index in [1.165, 1.54) is 11.8 Å². The number of nitrogens with one attached hydrogen (secondary N) is 1. The Morgan fingerprint density at radius 2 is 2.24 bits per heavy atom. The lowest BCUT2D eigenvalue weighted by Crippen LogP contribution is -2.50. The molecular formula is C15H20N2O3S. The second kappa shape index (κ2) is 6.49. The maximum Gasteiger partial charge on any atom is 0.323 e. The van der Waals surface area contributed by atoms with Crippen LogP contribution in [0.3, 0.4) is 0 Å². The molecule has 0 aliphatic rings. The van der Waals surface area contributed by atoms with E-state index in [-0.39, 0.29) is 5.25 Å².